The molecule has 9 nitrogen and oxygen atoms in total. The van der Waals surface area contributed by atoms with Crippen LogP contribution < -0.4 is 16.0 Å². The minimum Gasteiger partial charge on any atom is -0.497 e. The van der Waals surface area contributed by atoms with Crippen LogP contribution in [0.4, 0.5) is 0 Å². The highest BCUT2D eigenvalue weighted by molar-refractivity contribution is 5.81. The smallest absolute Gasteiger partial charge is 0.331 e. The number of nitrogens with zero attached hydrogens (tertiary/aromatic N) is 4. The van der Waals surface area contributed by atoms with Gasteiger partial charge in [-0.1, -0.05) is 12.1 Å². The first-order chi connectivity index (χ1) is 13.6. The van der Waals surface area contributed by atoms with Crippen molar-refractivity contribution in [3.05, 3.63) is 75.0 Å². The lowest BCUT2D eigenvalue weighted by atomic mass is 10.2. The van der Waals surface area contributed by atoms with E-state index in [1.165, 1.54) is 6.21 Å². The first kappa shape index (κ1) is 19.2. The van der Waals surface area contributed by atoms with Crippen LogP contribution in [0, 0.1) is 0 Å². The molecule has 0 amide bonds. The van der Waals surface area contributed by atoms with Crippen molar-refractivity contribution in [2.75, 3.05) is 13.7 Å². The Labute approximate surface area is 160 Å². The highest BCUT2D eigenvalue weighted by Gasteiger charge is 2.13. The quantitative estimate of drug-likeness (QED) is 0.445. The number of ether oxygens (including phenoxy) is 1. The average molecular weight is 383 g/mol. The Balaban J connectivity index is 1.74. The monoisotopic (exact) mass is 383 g/mol. The Hall–Kier alpha value is -3.62. The Kier molecular flexibility index (Phi) is 6.05. The summed E-state index contributed by atoms with van der Waals surface area (Å²) in [5, 5.41) is 10.4. The molecule has 9 heteroatoms. The van der Waals surface area contributed by atoms with E-state index in [1.807, 2.05) is 10.8 Å². The normalized spacial score (nSPS) is 11.2. The van der Waals surface area contributed by atoms with Crippen LogP contribution in [0.25, 0.3) is 0 Å². The molecular formula is C19H21N5O4. The van der Waals surface area contributed by atoms with Crippen molar-refractivity contribution >= 4 is 6.21 Å². The number of hydrogen-bond donors (Lipinski definition) is 2. The summed E-state index contributed by atoms with van der Waals surface area (Å²) in [5.41, 5.74) is -0.633. The van der Waals surface area contributed by atoms with Crippen molar-refractivity contribution in [3.63, 3.8) is 0 Å². The molecule has 0 spiro atoms. The zero-order valence-electron chi connectivity index (χ0n) is 15.4. The molecule has 0 fully saturated rings. The third-order valence-electron chi connectivity index (χ3n) is 4.19. The molecule has 146 valence electrons. The van der Waals surface area contributed by atoms with Crippen LogP contribution in [0.15, 0.2) is 57.6 Å². The summed E-state index contributed by atoms with van der Waals surface area (Å²) in [7, 11) is 1.56. The standard InChI is InChI=1S/C19H21N5O4/c1-28-15-5-3-14(4-6-15)12-24-18(26)16(17(25)22-19(24)27)11-20-7-2-9-23-10-8-21-13-23/h3-6,8,10-11,13,26H,2,7,9,12H2,1H3,(H,22,25,27). The van der Waals surface area contributed by atoms with Crippen molar-refractivity contribution in [2.24, 2.45) is 4.99 Å². The zero-order chi connectivity index (χ0) is 19.9. The molecule has 28 heavy (non-hydrogen) atoms. The van der Waals surface area contributed by atoms with Gasteiger partial charge in [0.2, 0.25) is 5.88 Å². The van der Waals surface area contributed by atoms with Crippen LogP contribution in [0.2, 0.25) is 0 Å². The van der Waals surface area contributed by atoms with E-state index in [2.05, 4.69) is 15.0 Å². The highest BCUT2D eigenvalue weighted by Crippen LogP contribution is 2.14. The molecule has 2 aromatic heterocycles. The molecule has 2 N–H and O–H groups in total. The summed E-state index contributed by atoms with van der Waals surface area (Å²) in [5.74, 6) is 0.272. The van der Waals surface area contributed by atoms with E-state index in [-0.39, 0.29) is 12.1 Å². The Morgan fingerprint density at radius 3 is 2.75 bits per heavy atom. The fourth-order valence-corrected chi connectivity index (χ4v) is 2.67. The Morgan fingerprint density at radius 1 is 1.29 bits per heavy atom. The van der Waals surface area contributed by atoms with Crippen LogP contribution in [-0.4, -0.2) is 44.1 Å². The van der Waals surface area contributed by atoms with Crippen LogP contribution in [0.5, 0.6) is 11.6 Å². The van der Waals surface area contributed by atoms with Gasteiger partial charge in [-0.05, 0) is 24.1 Å². The molecule has 3 aromatic rings. The SMILES string of the molecule is COc1ccc(Cn2c(O)c(C=NCCCn3ccnc3)c(=O)[nH]c2=O)cc1. The van der Waals surface area contributed by atoms with Gasteiger partial charge in [-0.2, -0.15) is 0 Å². The van der Waals surface area contributed by atoms with Crippen molar-refractivity contribution in [3.8, 4) is 11.6 Å². The summed E-state index contributed by atoms with van der Waals surface area (Å²) in [6, 6.07) is 7.07. The van der Waals surface area contributed by atoms with E-state index < -0.39 is 17.1 Å². The molecule has 1 aromatic carbocycles. The minimum absolute atomic E-state index is 0.0456. The second-order valence-electron chi connectivity index (χ2n) is 6.12. The van der Waals surface area contributed by atoms with E-state index in [9.17, 15) is 14.7 Å². The molecule has 2 heterocycles. The van der Waals surface area contributed by atoms with Gasteiger partial charge in [0, 0.05) is 31.7 Å². The molecule has 0 radical (unpaired) electrons. The number of hydrogen-bond acceptors (Lipinski definition) is 6. The van der Waals surface area contributed by atoms with Gasteiger partial charge in [-0.25, -0.2) is 9.78 Å². The van der Waals surface area contributed by atoms with Gasteiger partial charge in [0.05, 0.1) is 20.0 Å². The number of aromatic amines is 1. The largest absolute Gasteiger partial charge is 0.497 e. The van der Waals surface area contributed by atoms with Crippen molar-refractivity contribution in [1.29, 1.82) is 0 Å². The van der Waals surface area contributed by atoms with E-state index in [1.54, 1.807) is 43.9 Å². The van der Waals surface area contributed by atoms with E-state index >= 15 is 0 Å². The molecule has 0 aliphatic carbocycles. The molecule has 3 rings (SSSR count). The topological polar surface area (TPSA) is 114 Å². The van der Waals surface area contributed by atoms with Crippen LogP contribution in [0.3, 0.4) is 0 Å². The molecule has 0 aliphatic heterocycles. The van der Waals surface area contributed by atoms with E-state index in [0.717, 1.165) is 23.1 Å². The van der Waals surface area contributed by atoms with Crippen molar-refractivity contribution in [1.82, 2.24) is 19.1 Å². The summed E-state index contributed by atoms with van der Waals surface area (Å²) in [6.45, 7) is 1.32. The molecule has 0 aliphatic rings. The van der Waals surface area contributed by atoms with Gasteiger partial charge in [-0.3, -0.25) is 19.3 Å². The van der Waals surface area contributed by atoms with Gasteiger partial charge in [-0.15, -0.1) is 0 Å². The number of aryl methyl sites for hydroxylation is 1. The molecule has 0 atom stereocenters. The van der Waals surface area contributed by atoms with Crippen LogP contribution in [-0.2, 0) is 13.1 Å². The summed E-state index contributed by atoms with van der Waals surface area (Å²) < 4.78 is 8.12. The average Bonchev–Trinajstić information content (AvgIpc) is 3.21. The fourth-order valence-electron chi connectivity index (χ4n) is 2.67. The third-order valence-corrected chi connectivity index (χ3v) is 4.19. The number of methoxy groups -OCH3 is 1. The van der Waals surface area contributed by atoms with Crippen LogP contribution in [0.1, 0.15) is 17.5 Å². The number of H-pyrrole nitrogens is 1. The number of aliphatic imine (C=N–C) groups is 1. The summed E-state index contributed by atoms with van der Waals surface area (Å²) in [6.07, 6.45) is 7.32. The molecule has 0 saturated heterocycles. The number of aromatic hydroxyl groups is 1. The van der Waals surface area contributed by atoms with Gasteiger partial charge in [0.1, 0.15) is 11.3 Å². The minimum atomic E-state index is -0.685. The maximum atomic E-state index is 12.1. The van der Waals surface area contributed by atoms with Gasteiger partial charge >= 0.3 is 5.69 Å². The number of imidazole rings is 1. The van der Waals surface area contributed by atoms with E-state index in [0.29, 0.717) is 12.3 Å². The molecule has 0 unspecified atom stereocenters. The molecular weight excluding hydrogens is 362 g/mol. The maximum absolute atomic E-state index is 12.1. The predicted molar refractivity (Wildman–Crippen MR) is 104 cm³/mol. The maximum Gasteiger partial charge on any atom is 0.331 e. The lowest BCUT2D eigenvalue weighted by Crippen LogP contribution is -2.32. The van der Waals surface area contributed by atoms with Gasteiger partial charge in [0.15, 0.2) is 0 Å². The number of aromatic nitrogens is 4. The van der Waals surface area contributed by atoms with Gasteiger partial charge in [0.25, 0.3) is 5.56 Å². The molecule has 0 bridgehead atoms. The first-order valence-corrected chi connectivity index (χ1v) is 8.73. The third kappa shape index (κ3) is 4.56. The van der Waals surface area contributed by atoms with Crippen molar-refractivity contribution in [2.45, 2.75) is 19.5 Å². The fraction of sp³-hybridized carbons (Fsp3) is 0.263. The second kappa shape index (κ2) is 8.85. The Bertz CT molecular complexity index is 1050. The molecule has 0 saturated carbocycles. The van der Waals surface area contributed by atoms with E-state index in [4.69, 9.17) is 4.74 Å². The summed E-state index contributed by atoms with van der Waals surface area (Å²) in [4.78, 5) is 34.5. The number of rotatable bonds is 8. The van der Waals surface area contributed by atoms with Crippen LogP contribution >= 0.6 is 0 Å². The number of nitrogens with one attached hydrogen (secondary N) is 1. The highest BCUT2D eigenvalue weighted by atomic mass is 16.5. The lowest BCUT2D eigenvalue weighted by Gasteiger charge is -2.10. The Morgan fingerprint density at radius 2 is 2.07 bits per heavy atom. The number of benzene rings is 1. The zero-order valence-corrected chi connectivity index (χ0v) is 15.4. The first-order valence-electron chi connectivity index (χ1n) is 8.73. The second-order valence-corrected chi connectivity index (χ2v) is 6.12. The predicted octanol–water partition coefficient (Wildman–Crippen LogP) is 1.00. The lowest BCUT2D eigenvalue weighted by molar-refractivity contribution is 0.407. The van der Waals surface area contributed by atoms with Crippen molar-refractivity contribution < 1.29 is 9.84 Å². The van der Waals surface area contributed by atoms with Gasteiger partial charge < -0.3 is 14.4 Å². The summed E-state index contributed by atoms with van der Waals surface area (Å²) >= 11 is 0.